The quantitative estimate of drug-likeness (QED) is 0.751. The molecular formula is C17H16F3N3O5S. The van der Waals surface area contributed by atoms with Crippen molar-refractivity contribution in [3.63, 3.8) is 0 Å². The summed E-state index contributed by atoms with van der Waals surface area (Å²) in [4.78, 5) is 28.4. The van der Waals surface area contributed by atoms with Crippen molar-refractivity contribution < 1.29 is 35.9 Å². The van der Waals surface area contributed by atoms with Crippen molar-refractivity contribution in [3.8, 4) is 5.75 Å². The molecule has 2 amide bonds. The number of amides is 2. The summed E-state index contributed by atoms with van der Waals surface area (Å²) in [5, 5.41) is 0.909. The highest BCUT2D eigenvalue weighted by Gasteiger charge is 2.49. The van der Waals surface area contributed by atoms with Crippen LogP contribution in [-0.2, 0) is 14.6 Å². The lowest BCUT2D eigenvalue weighted by atomic mass is 10.2. The van der Waals surface area contributed by atoms with Gasteiger partial charge >= 0.3 is 5.51 Å². The first-order valence-corrected chi connectivity index (χ1v) is 9.42. The van der Waals surface area contributed by atoms with Gasteiger partial charge < -0.3 is 15.0 Å². The Balaban J connectivity index is 2.17. The molecule has 1 aromatic carbocycles. The zero-order chi connectivity index (χ0) is 21.8. The standard InChI is InChI=1S/C17H16F3N3O5S/c1-23(2)14(24)10-28-12-7-5-11(6-8-12)22-15(25)13-4-3-9-21-16(13)29(26,27)17(18,19)20/h3-9H,10H2,1-2H3,(H,22,25). The van der Waals surface area contributed by atoms with E-state index < -0.39 is 31.8 Å². The lowest BCUT2D eigenvalue weighted by Gasteiger charge is -2.13. The summed E-state index contributed by atoms with van der Waals surface area (Å²) >= 11 is 0. The number of alkyl halides is 3. The van der Waals surface area contributed by atoms with Gasteiger partial charge in [-0.1, -0.05) is 0 Å². The molecule has 0 unspecified atom stereocenters. The number of anilines is 1. The lowest BCUT2D eigenvalue weighted by Crippen LogP contribution is -2.27. The minimum atomic E-state index is -5.80. The van der Waals surface area contributed by atoms with E-state index in [0.717, 1.165) is 18.3 Å². The first-order valence-electron chi connectivity index (χ1n) is 7.94. The van der Waals surface area contributed by atoms with Crippen LogP contribution in [0.2, 0.25) is 0 Å². The van der Waals surface area contributed by atoms with E-state index >= 15 is 0 Å². The van der Waals surface area contributed by atoms with Crippen LogP contribution in [0.3, 0.4) is 0 Å². The van der Waals surface area contributed by atoms with E-state index in [0.29, 0.717) is 5.75 Å². The van der Waals surface area contributed by atoms with E-state index in [-0.39, 0.29) is 18.2 Å². The highest BCUT2D eigenvalue weighted by Crippen LogP contribution is 2.31. The molecule has 0 saturated heterocycles. The van der Waals surface area contributed by atoms with Gasteiger partial charge in [0, 0.05) is 26.0 Å². The number of benzene rings is 1. The van der Waals surface area contributed by atoms with Crippen LogP contribution >= 0.6 is 0 Å². The molecule has 0 fully saturated rings. The number of hydrogen-bond donors (Lipinski definition) is 1. The fourth-order valence-corrected chi connectivity index (χ4v) is 2.86. The Morgan fingerprint density at radius 1 is 1.14 bits per heavy atom. The predicted molar refractivity (Wildman–Crippen MR) is 96.1 cm³/mol. The maximum absolute atomic E-state index is 12.8. The monoisotopic (exact) mass is 431 g/mol. The Bertz CT molecular complexity index is 1010. The van der Waals surface area contributed by atoms with Gasteiger partial charge in [-0.2, -0.15) is 13.2 Å². The van der Waals surface area contributed by atoms with E-state index in [1.807, 2.05) is 0 Å². The van der Waals surface area contributed by atoms with Crippen molar-refractivity contribution >= 4 is 27.3 Å². The topological polar surface area (TPSA) is 106 Å². The summed E-state index contributed by atoms with van der Waals surface area (Å²) in [7, 11) is -2.67. The number of halogens is 3. The number of rotatable bonds is 6. The van der Waals surface area contributed by atoms with Crippen molar-refractivity contribution in [2.75, 3.05) is 26.0 Å². The Kier molecular flexibility index (Phi) is 6.47. The molecule has 29 heavy (non-hydrogen) atoms. The molecule has 0 radical (unpaired) electrons. The number of likely N-dealkylation sites (N-methyl/N-ethyl adjacent to an activating group) is 1. The molecule has 1 aromatic heterocycles. The molecule has 0 atom stereocenters. The molecule has 0 spiro atoms. The minimum absolute atomic E-state index is 0.167. The molecule has 1 heterocycles. The van der Waals surface area contributed by atoms with E-state index in [9.17, 15) is 31.2 Å². The Hall–Kier alpha value is -3.15. The molecule has 0 bridgehead atoms. The van der Waals surface area contributed by atoms with Crippen LogP contribution in [0.15, 0.2) is 47.6 Å². The normalized spacial score (nSPS) is 11.6. The van der Waals surface area contributed by atoms with Crippen molar-refractivity contribution in [1.29, 1.82) is 0 Å². The second kappa shape index (κ2) is 8.47. The van der Waals surface area contributed by atoms with Gasteiger partial charge in [0.25, 0.3) is 21.7 Å². The summed E-state index contributed by atoms with van der Waals surface area (Å²) in [6.07, 6.45) is 0.844. The number of ether oxygens (including phenoxy) is 1. The average Bonchev–Trinajstić information content (AvgIpc) is 2.66. The number of carbonyl (C=O) groups is 2. The molecular weight excluding hydrogens is 415 g/mol. The molecule has 0 aliphatic carbocycles. The molecule has 0 aliphatic heterocycles. The summed E-state index contributed by atoms with van der Waals surface area (Å²) in [6, 6.07) is 7.67. The summed E-state index contributed by atoms with van der Waals surface area (Å²) in [6.45, 7) is -0.201. The van der Waals surface area contributed by atoms with Crippen LogP contribution in [0.4, 0.5) is 18.9 Å². The molecule has 0 aliphatic rings. The Morgan fingerprint density at radius 2 is 1.76 bits per heavy atom. The van der Waals surface area contributed by atoms with Crippen LogP contribution in [0.5, 0.6) is 5.75 Å². The van der Waals surface area contributed by atoms with Crippen molar-refractivity contribution in [1.82, 2.24) is 9.88 Å². The highest BCUT2D eigenvalue weighted by atomic mass is 32.2. The average molecular weight is 431 g/mol. The number of carbonyl (C=O) groups excluding carboxylic acids is 2. The predicted octanol–water partition coefficient (Wildman–Crippen LogP) is 2.09. The number of pyridine rings is 1. The zero-order valence-corrected chi connectivity index (χ0v) is 16.0. The molecule has 2 aromatic rings. The third-order valence-electron chi connectivity index (χ3n) is 3.55. The fourth-order valence-electron chi connectivity index (χ4n) is 1.99. The third-order valence-corrected chi connectivity index (χ3v) is 4.99. The maximum atomic E-state index is 12.8. The van der Waals surface area contributed by atoms with E-state index in [1.54, 1.807) is 14.1 Å². The number of hydrogen-bond acceptors (Lipinski definition) is 6. The minimum Gasteiger partial charge on any atom is -0.484 e. The van der Waals surface area contributed by atoms with Crippen LogP contribution < -0.4 is 10.1 Å². The smallest absolute Gasteiger partial charge is 0.484 e. The van der Waals surface area contributed by atoms with Gasteiger partial charge in [-0.15, -0.1) is 0 Å². The second-order valence-electron chi connectivity index (χ2n) is 5.86. The molecule has 2 rings (SSSR count). The molecule has 1 N–H and O–H groups in total. The summed E-state index contributed by atoms with van der Waals surface area (Å²) in [5.41, 5.74) is -6.18. The lowest BCUT2D eigenvalue weighted by molar-refractivity contribution is -0.130. The maximum Gasteiger partial charge on any atom is 0.503 e. The van der Waals surface area contributed by atoms with Gasteiger partial charge in [-0.3, -0.25) is 9.59 Å². The number of sulfone groups is 1. The SMILES string of the molecule is CN(C)C(=O)COc1ccc(NC(=O)c2cccnc2S(=O)(=O)C(F)(F)F)cc1. The third kappa shape index (κ3) is 5.22. The first-order chi connectivity index (χ1) is 13.4. The van der Waals surface area contributed by atoms with Crippen LogP contribution in [0.1, 0.15) is 10.4 Å². The van der Waals surface area contributed by atoms with Crippen LogP contribution in [-0.4, -0.2) is 56.3 Å². The summed E-state index contributed by atoms with van der Waals surface area (Å²) in [5.74, 6) is -1.03. The van der Waals surface area contributed by atoms with Gasteiger partial charge in [-0.05, 0) is 36.4 Å². The number of nitrogens with zero attached hydrogens (tertiary/aromatic N) is 2. The largest absolute Gasteiger partial charge is 0.503 e. The zero-order valence-electron chi connectivity index (χ0n) is 15.2. The fraction of sp³-hybridized carbons (Fsp3) is 0.235. The molecule has 0 saturated carbocycles. The Morgan fingerprint density at radius 3 is 2.31 bits per heavy atom. The molecule has 8 nitrogen and oxygen atoms in total. The molecule has 156 valence electrons. The van der Waals surface area contributed by atoms with Crippen LogP contribution in [0.25, 0.3) is 0 Å². The number of nitrogens with one attached hydrogen (secondary N) is 1. The van der Waals surface area contributed by atoms with Gasteiger partial charge in [0.15, 0.2) is 11.6 Å². The summed E-state index contributed by atoms with van der Waals surface area (Å²) < 4.78 is 67.0. The van der Waals surface area contributed by atoms with Gasteiger partial charge in [0.1, 0.15) is 5.75 Å². The van der Waals surface area contributed by atoms with Gasteiger partial charge in [0.05, 0.1) is 5.56 Å². The second-order valence-corrected chi connectivity index (χ2v) is 7.72. The first kappa shape index (κ1) is 22.1. The van der Waals surface area contributed by atoms with Crippen molar-refractivity contribution in [2.24, 2.45) is 0 Å². The van der Waals surface area contributed by atoms with Gasteiger partial charge in [-0.25, -0.2) is 13.4 Å². The van der Waals surface area contributed by atoms with E-state index in [2.05, 4.69) is 10.3 Å². The molecule has 12 heteroatoms. The van der Waals surface area contributed by atoms with E-state index in [4.69, 9.17) is 4.74 Å². The number of aromatic nitrogens is 1. The van der Waals surface area contributed by atoms with Gasteiger partial charge in [0.2, 0.25) is 0 Å². The van der Waals surface area contributed by atoms with Crippen molar-refractivity contribution in [3.05, 3.63) is 48.2 Å². The van der Waals surface area contributed by atoms with Crippen LogP contribution in [0, 0.1) is 0 Å². The highest BCUT2D eigenvalue weighted by molar-refractivity contribution is 7.92. The van der Waals surface area contributed by atoms with Crippen molar-refractivity contribution in [2.45, 2.75) is 10.5 Å². The van der Waals surface area contributed by atoms with E-state index in [1.165, 1.54) is 29.2 Å². The Labute approximate surface area is 164 Å².